The van der Waals surface area contributed by atoms with Gasteiger partial charge in [-0.15, -0.1) is 0 Å². The monoisotopic (exact) mass is 300 g/mol. The summed E-state index contributed by atoms with van der Waals surface area (Å²) in [5.41, 5.74) is 2.63. The zero-order valence-corrected chi connectivity index (χ0v) is 13.9. The van der Waals surface area contributed by atoms with Gasteiger partial charge in [0.1, 0.15) is 5.76 Å². The first-order chi connectivity index (χ1) is 10.7. The van der Waals surface area contributed by atoms with Crippen molar-refractivity contribution in [1.29, 1.82) is 0 Å². The third kappa shape index (κ3) is 1.55. The van der Waals surface area contributed by atoms with E-state index in [0.717, 1.165) is 24.2 Å². The van der Waals surface area contributed by atoms with Crippen molar-refractivity contribution in [2.24, 2.45) is 22.7 Å². The van der Waals surface area contributed by atoms with Gasteiger partial charge in [0.2, 0.25) is 0 Å². The molecule has 2 heteroatoms. The summed E-state index contributed by atoms with van der Waals surface area (Å²) < 4.78 is 11.6. The van der Waals surface area contributed by atoms with Gasteiger partial charge in [0.25, 0.3) is 0 Å². The van der Waals surface area contributed by atoms with E-state index in [9.17, 15) is 0 Å². The van der Waals surface area contributed by atoms with E-state index in [-0.39, 0.29) is 0 Å². The molecule has 0 unspecified atom stereocenters. The van der Waals surface area contributed by atoms with Gasteiger partial charge in [-0.1, -0.05) is 6.92 Å². The molecular formula is C20H28O2. The van der Waals surface area contributed by atoms with Gasteiger partial charge in [0.15, 0.2) is 0 Å². The summed E-state index contributed by atoms with van der Waals surface area (Å²) in [6.45, 7) is 2.61. The minimum atomic E-state index is 0.489. The van der Waals surface area contributed by atoms with Gasteiger partial charge < -0.3 is 9.15 Å². The summed E-state index contributed by atoms with van der Waals surface area (Å²) in [5.74, 6) is 3.77. The fourth-order valence-electron chi connectivity index (χ4n) is 7.36. The van der Waals surface area contributed by atoms with Crippen LogP contribution in [0.1, 0.15) is 69.1 Å². The first kappa shape index (κ1) is 13.7. The predicted octanol–water partition coefficient (Wildman–Crippen LogP) is 4.93. The molecule has 1 spiro atoms. The number of rotatable bonds is 1. The maximum atomic E-state index is 5.87. The van der Waals surface area contributed by atoms with E-state index in [2.05, 4.69) is 13.0 Å². The van der Waals surface area contributed by atoms with Gasteiger partial charge in [-0.3, -0.25) is 0 Å². The lowest BCUT2D eigenvalue weighted by Crippen LogP contribution is -2.50. The highest BCUT2D eigenvalue weighted by Crippen LogP contribution is 2.70. The molecule has 3 fully saturated rings. The largest absolute Gasteiger partial charge is 0.469 e. The molecule has 1 aromatic heterocycles. The number of aryl methyl sites for hydroxylation is 1. The standard InChI is InChI=1S/C20H28O2/c1-19-8-6-16-14(7-10-22-16)15(19)5-9-20-11-13(3-4-18(19)20)17(12-20)21-2/h7,10,13,15,17-18H,3-6,8-9,11-12H2,1-2H3/t13-,15-,17+,18+,19-,20+/m1/s1. The molecule has 4 aliphatic rings. The fourth-order valence-corrected chi connectivity index (χ4v) is 7.36. The van der Waals surface area contributed by atoms with E-state index < -0.39 is 0 Å². The van der Waals surface area contributed by atoms with E-state index in [4.69, 9.17) is 9.15 Å². The van der Waals surface area contributed by atoms with E-state index in [1.165, 1.54) is 50.7 Å². The Labute approximate surface area is 133 Å². The smallest absolute Gasteiger partial charge is 0.107 e. The van der Waals surface area contributed by atoms with E-state index in [0.29, 0.717) is 16.9 Å². The molecule has 0 saturated heterocycles. The Morgan fingerprint density at radius 2 is 2.09 bits per heavy atom. The predicted molar refractivity (Wildman–Crippen MR) is 85.8 cm³/mol. The minimum Gasteiger partial charge on any atom is -0.469 e. The van der Waals surface area contributed by atoms with Gasteiger partial charge in [-0.05, 0) is 85.2 Å². The van der Waals surface area contributed by atoms with Crippen LogP contribution in [0.25, 0.3) is 0 Å². The number of hydrogen-bond acceptors (Lipinski definition) is 2. The van der Waals surface area contributed by atoms with Crippen LogP contribution in [0.5, 0.6) is 0 Å². The molecule has 2 nitrogen and oxygen atoms in total. The molecule has 5 rings (SSSR count). The summed E-state index contributed by atoms with van der Waals surface area (Å²) in [5, 5.41) is 0. The van der Waals surface area contributed by atoms with E-state index in [1.54, 1.807) is 5.56 Å². The van der Waals surface area contributed by atoms with Crippen molar-refractivity contribution in [1.82, 2.24) is 0 Å². The second-order valence-corrected chi connectivity index (χ2v) is 8.83. The Morgan fingerprint density at radius 3 is 2.95 bits per heavy atom. The van der Waals surface area contributed by atoms with Crippen LogP contribution in [0.2, 0.25) is 0 Å². The summed E-state index contributed by atoms with van der Waals surface area (Å²) in [4.78, 5) is 0. The van der Waals surface area contributed by atoms with Gasteiger partial charge in [-0.2, -0.15) is 0 Å². The van der Waals surface area contributed by atoms with Crippen molar-refractivity contribution in [2.75, 3.05) is 7.11 Å². The zero-order chi connectivity index (χ0) is 14.9. The number of fused-ring (bicyclic) bond motifs is 5. The molecule has 1 aromatic rings. The Kier molecular flexibility index (Phi) is 2.74. The topological polar surface area (TPSA) is 22.4 Å². The van der Waals surface area contributed by atoms with Gasteiger partial charge >= 0.3 is 0 Å². The zero-order valence-electron chi connectivity index (χ0n) is 13.9. The highest BCUT2D eigenvalue weighted by atomic mass is 16.5. The van der Waals surface area contributed by atoms with E-state index >= 15 is 0 Å². The lowest BCUT2D eigenvalue weighted by Gasteiger charge is -2.59. The summed E-state index contributed by atoms with van der Waals surface area (Å²) >= 11 is 0. The van der Waals surface area contributed by atoms with Crippen LogP contribution in [0, 0.1) is 22.7 Å². The molecule has 0 aliphatic heterocycles. The quantitative estimate of drug-likeness (QED) is 0.733. The molecule has 0 N–H and O–H groups in total. The van der Waals surface area contributed by atoms with Crippen LogP contribution in [0.4, 0.5) is 0 Å². The van der Waals surface area contributed by atoms with Crippen molar-refractivity contribution >= 4 is 0 Å². The Bertz CT molecular complexity index is 590. The third-order valence-electron chi connectivity index (χ3n) is 8.24. The maximum Gasteiger partial charge on any atom is 0.107 e. The molecule has 6 atom stereocenters. The third-order valence-corrected chi connectivity index (χ3v) is 8.24. The number of furan rings is 1. The van der Waals surface area contributed by atoms with Crippen molar-refractivity contribution in [3.63, 3.8) is 0 Å². The first-order valence-corrected chi connectivity index (χ1v) is 9.25. The summed E-state index contributed by atoms with van der Waals surface area (Å²) in [7, 11) is 1.93. The molecule has 3 saturated carbocycles. The van der Waals surface area contributed by atoms with Gasteiger partial charge in [0, 0.05) is 13.5 Å². The molecule has 1 heterocycles. The number of hydrogen-bond donors (Lipinski definition) is 0. The molecule has 0 amide bonds. The molecule has 0 radical (unpaired) electrons. The Balaban J connectivity index is 1.55. The van der Waals surface area contributed by atoms with Crippen LogP contribution in [-0.2, 0) is 11.2 Å². The molecule has 22 heavy (non-hydrogen) atoms. The summed E-state index contributed by atoms with van der Waals surface area (Å²) in [6.07, 6.45) is 13.3. The second kappa shape index (κ2) is 4.41. The molecule has 0 aromatic carbocycles. The average molecular weight is 300 g/mol. The van der Waals surface area contributed by atoms with Crippen LogP contribution in [0.15, 0.2) is 16.7 Å². The Morgan fingerprint density at radius 1 is 1.18 bits per heavy atom. The van der Waals surface area contributed by atoms with Gasteiger partial charge in [0.05, 0.1) is 12.4 Å². The van der Waals surface area contributed by atoms with Crippen molar-refractivity contribution < 1.29 is 9.15 Å². The van der Waals surface area contributed by atoms with Crippen molar-refractivity contribution in [2.45, 2.75) is 70.3 Å². The normalized spacial score (nSPS) is 49.4. The van der Waals surface area contributed by atoms with Crippen LogP contribution in [-0.4, -0.2) is 13.2 Å². The number of ether oxygens (including phenoxy) is 1. The average Bonchev–Trinajstić information content (AvgIpc) is 3.09. The molecule has 4 aliphatic carbocycles. The second-order valence-electron chi connectivity index (χ2n) is 8.83. The van der Waals surface area contributed by atoms with E-state index in [1.807, 2.05) is 13.4 Å². The van der Waals surface area contributed by atoms with Gasteiger partial charge in [-0.25, -0.2) is 0 Å². The highest BCUT2D eigenvalue weighted by molar-refractivity contribution is 5.31. The van der Waals surface area contributed by atoms with Crippen molar-refractivity contribution in [3.8, 4) is 0 Å². The fraction of sp³-hybridized carbons (Fsp3) is 0.800. The number of methoxy groups -OCH3 is 1. The maximum absolute atomic E-state index is 5.87. The molecular weight excluding hydrogens is 272 g/mol. The minimum absolute atomic E-state index is 0.489. The van der Waals surface area contributed by atoms with Crippen LogP contribution >= 0.6 is 0 Å². The first-order valence-electron chi connectivity index (χ1n) is 9.25. The molecule has 120 valence electrons. The summed E-state index contributed by atoms with van der Waals surface area (Å²) in [6, 6.07) is 2.27. The SMILES string of the molecule is CO[C@H]1C[C@@]23CC[C@@H]4c5ccoc5CC[C@@]4(C)[C@@H]2CC[C@@H]1C3. The highest BCUT2D eigenvalue weighted by Gasteiger charge is 2.62. The van der Waals surface area contributed by atoms with Crippen LogP contribution < -0.4 is 0 Å². The lowest BCUT2D eigenvalue weighted by molar-refractivity contribution is -0.0696. The Hall–Kier alpha value is -0.760. The van der Waals surface area contributed by atoms with Crippen molar-refractivity contribution in [3.05, 3.63) is 23.7 Å². The lowest BCUT2D eigenvalue weighted by atomic mass is 9.45. The molecule has 2 bridgehead atoms. The van der Waals surface area contributed by atoms with Crippen LogP contribution in [0.3, 0.4) is 0 Å².